The molecule has 4 aromatic rings. The fourth-order valence-electron chi connectivity index (χ4n) is 3.29. The summed E-state index contributed by atoms with van der Waals surface area (Å²) in [5, 5.41) is 14.6. The second-order valence-corrected chi connectivity index (χ2v) is 7.17. The third kappa shape index (κ3) is 3.73. The van der Waals surface area contributed by atoms with E-state index in [9.17, 15) is 14.9 Å². The molecule has 7 heteroatoms. The molecule has 148 valence electrons. The van der Waals surface area contributed by atoms with E-state index in [0.29, 0.717) is 22.2 Å². The second-order valence-electron chi connectivity index (χ2n) is 6.76. The van der Waals surface area contributed by atoms with Gasteiger partial charge in [-0.2, -0.15) is 0 Å². The highest BCUT2D eigenvalue weighted by Crippen LogP contribution is 2.30. The standard InChI is InChI=1S/C23H16ClN3O3/c1-14-6-2-3-7-16(14)21-13-18(17-8-4-5-9-20(17)26-21)23(28)25-15-10-11-19(24)22(12-15)27(29)30/h2-13H,1H3,(H,25,28). The first-order valence-electron chi connectivity index (χ1n) is 9.15. The molecular weight excluding hydrogens is 402 g/mol. The monoisotopic (exact) mass is 417 g/mol. The minimum absolute atomic E-state index is 0.00852. The number of nitrogens with one attached hydrogen (secondary N) is 1. The van der Waals surface area contributed by atoms with Crippen LogP contribution in [0.2, 0.25) is 5.02 Å². The smallest absolute Gasteiger partial charge is 0.289 e. The average molecular weight is 418 g/mol. The number of hydrogen-bond acceptors (Lipinski definition) is 4. The fourth-order valence-corrected chi connectivity index (χ4v) is 3.48. The van der Waals surface area contributed by atoms with Crippen molar-refractivity contribution in [2.45, 2.75) is 6.92 Å². The van der Waals surface area contributed by atoms with Crippen LogP contribution >= 0.6 is 11.6 Å². The predicted molar refractivity (Wildman–Crippen MR) is 118 cm³/mol. The van der Waals surface area contributed by atoms with Gasteiger partial charge in [0.25, 0.3) is 11.6 Å². The maximum atomic E-state index is 13.1. The van der Waals surface area contributed by atoms with Gasteiger partial charge in [-0.25, -0.2) is 4.98 Å². The number of pyridine rings is 1. The second kappa shape index (κ2) is 7.93. The molecule has 0 radical (unpaired) electrons. The molecule has 0 atom stereocenters. The molecule has 0 aliphatic heterocycles. The number of fused-ring (bicyclic) bond motifs is 1. The summed E-state index contributed by atoms with van der Waals surface area (Å²) in [5.74, 6) is -0.389. The molecule has 0 saturated carbocycles. The van der Waals surface area contributed by atoms with E-state index in [1.165, 1.54) is 18.2 Å². The van der Waals surface area contributed by atoms with Gasteiger partial charge in [0.1, 0.15) is 5.02 Å². The lowest BCUT2D eigenvalue weighted by Crippen LogP contribution is -2.13. The van der Waals surface area contributed by atoms with Crippen LogP contribution in [0.5, 0.6) is 0 Å². The first kappa shape index (κ1) is 19.5. The van der Waals surface area contributed by atoms with Gasteiger partial charge in [-0.05, 0) is 36.8 Å². The van der Waals surface area contributed by atoms with Crippen molar-refractivity contribution in [2.75, 3.05) is 5.32 Å². The van der Waals surface area contributed by atoms with Crippen molar-refractivity contribution in [1.29, 1.82) is 0 Å². The Morgan fingerprint density at radius 1 is 1.03 bits per heavy atom. The number of carbonyl (C=O) groups is 1. The molecule has 1 amide bonds. The van der Waals surface area contributed by atoms with Gasteiger partial charge >= 0.3 is 0 Å². The number of halogens is 1. The van der Waals surface area contributed by atoms with Crippen LogP contribution in [0.15, 0.2) is 72.8 Å². The van der Waals surface area contributed by atoms with E-state index in [-0.39, 0.29) is 22.3 Å². The Balaban J connectivity index is 1.80. The van der Waals surface area contributed by atoms with Gasteiger partial charge in [0.05, 0.1) is 21.7 Å². The minimum Gasteiger partial charge on any atom is -0.322 e. The van der Waals surface area contributed by atoms with Crippen LogP contribution in [0.4, 0.5) is 11.4 Å². The Labute approximate surface area is 177 Å². The quantitative estimate of drug-likeness (QED) is 0.324. The van der Waals surface area contributed by atoms with Crippen molar-refractivity contribution < 1.29 is 9.72 Å². The van der Waals surface area contributed by atoms with Crippen LogP contribution < -0.4 is 5.32 Å². The SMILES string of the molecule is Cc1ccccc1-c1cc(C(=O)Nc2ccc(Cl)c([N+](=O)[O-])c2)c2ccccc2n1. The molecule has 0 spiro atoms. The van der Waals surface area contributed by atoms with E-state index in [4.69, 9.17) is 16.6 Å². The number of nitrogens with zero attached hydrogens (tertiary/aromatic N) is 2. The van der Waals surface area contributed by atoms with Crippen molar-refractivity contribution in [1.82, 2.24) is 4.98 Å². The van der Waals surface area contributed by atoms with Crippen LogP contribution in [0, 0.1) is 17.0 Å². The van der Waals surface area contributed by atoms with Crippen molar-refractivity contribution in [3.8, 4) is 11.3 Å². The number of hydrogen-bond donors (Lipinski definition) is 1. The zero-order chi connectivity index (χ0) is 21.3. The Kier molecular flexibility index (Phi) is 5.16. The largest absolute Gasteiger partial charge is 0.322 e. The van der Waals surface area contributed by atoms with Crippen molar-refractivity contribution in [3.63, 3.8) is 0 Å². The summed E-state index contributed by atoms with van der Waals surface area (Å²) in [6.07, 6.45) is 0. The number of rotatable bonds is 4. The molecule has 1 N–H and O–H groups in total. The summed E-state index contributed by atoms with van der Waals surface area (Å²) >= 11 is 5.86. The van der Waals surface area contributed by atoms with Gasteiger partial charge in [-0.15, -0.1) is 0 Å². The predicted octanol–water partition coefficient (Wildman–Crippen LogP) is 6.02. The van der Waals surface area contributed by atoms with Crippen LogP contribution in [-0.4, -0.2) is 15.8 Å². The van der Waals surface area contributed by atoms with E-state index in [2.05, 4.69) is 5.32 Å². The summed E-state index contributed by atoms with van der Waals surface area (Å²) < 4.78 is 0. The third-order valence-corrected chi connectivity index (χ3v) is 5.10. The van der Waals surface area contributed by atoms with Gasteiger partial charge in [-0.1, -0.05) is 54.1 Å². The molecule has 3 aromatic carbocycles. The van der Waals surface area contributed by atoms with Crippen molar-refractivity contribution in [3.05, 3.63) is 99.1 Å². The summed E-state index contributed by atoms with van der Waals surface area (Å²) in [7, 11) is 0. The molecule has 0 fully saturated rings. The van der Waals surface area contributed by atoms with Crippen molar-refractivity contribution >= 4 is 39.8 Å². The van der Waals surface area contributed by atoms with E-state index < -0.39 is 4.92 Å². The number of nitro benzene ring substituents is 1. The zero-order valence-electron chi connectivity index (χ0n) is 15.9. The zero-order valence-corrected chi connectivity index (χ0v) is 16.7. The highest BCUT2D eigenvalue weighted by atomic mass is 35.5. The van der Waals surface area contributed by atoms with E-state index in [1.807, 2.05) is 55.5 Å². The molecule has 0 saturated heterocycles. The summed E-state index contributed by atoms with van der Waals surface area (Å²) in [6.45, 7) is 1.98. The highest BCUT2D eigenvalue weighted by molar-refractivity contribution is 6.32. The molecule has 0 bridgehead atoms. The molecule has 30 heavy (non-hydrogen) atoms. The number of aryl methyl sites for hydroxylation is 1. The summed E-state index contributed by atoms with van der Waals surface area (Å²) in [6, 6.07) is 21.1. The van der Waals surface area contributed by atoms with Crippen LogP contribution in [0.25, 0.3) is 22.2 Å². The molecular formula is C23H16ClN3O3. The molecule has 1 aromatic heterocycles. The van der Waals surface area contributed by atoms with Gasteiger partial charge in [0.15, 0.2) is 0 Å². The van der Waals surface area contributed by atoms with Gasteiger partial charge in [-0.3, -0.25) is 14.9 Å². The highest BCUT2D eigenvalue weighted by Gasteiger charge is 2.17. The molecule has 1 heterocycles. The topological polar surface area (TPSA) is 85.1 Å². The summed E-state index contributed by atoms with van der Waals surface area (Å²) in [4.78, 5) is 28.4. The maximum Gasteiger partial charge on any atom is 0.289 e. The molecule has 4 rings (SSSR count). The molecule has 6 nitrogen and oxygen atoms in total. The first-order valence-corrected chi connectivity index (χ1v) is 9.53. The number of nitro groups is 1. The lowest BCUT2D eigenvalue weighted by Gasteiger charge is -2.12. The molecule has 0 aliphatic carbocycles. The van der Waals surface area contributed by atoms with E-state index in [1.54, 1.807) is 6.07 Å². The number of para-hydroxylation sites is 1. The number of anilines is 1. The Morgan fingerprint density at radius 3 is 2.53 bits per heavy atom. The lowest BCUT2D eigenvalue weighted by molar-refractivity contribution is -0.384. The fraction of sp³-hybridized carbons (Fsp3) is 0.0435. The number of amides is 1. The Hall–Kier alpha value is -3.77. The van der Waals surface area contributed by atoms with Crippen LogP contribution in [0.3, 0.4) is 0 Å². The van der Waals surface area contributed by atoms with Crippen molar-refractivity contribution in [2.24, 2.45) is 0 Å². The van der Waals surface area contributed by atoms with Gasteiger partial charge in [0, 0.05) is 22.7 Å². The Bertz CT molecular complexity index is 1300. The molecule has 0 aliphatic rings. The average Bonchev–Trinajstić information content (AvgIpc) is 2.74. The van der Waals surface area contributed by atoms with Crippen LogP contribution in [0.1, 0.15) is 15.9 Å². The number of benzene rings is 3. The lowest BCUT2D eigenvalue weighted by atomic mass is 10.0. The van der Waals surface area contributed by atoms with Crippen LogP contribution in [-0.2, 0) is 0 Å². The van der Waals surface area contributed by atoms with E-state index >= 15 is 0 Å². The van der Waals surface area contributed by atoms with Gasteiger partial charge in [0.2, 0.25) is 0 Å². The normalized spacial score (nSPS) is 10.7. The van der Waals surface area contributed by atoms with E-state index in [0.717, 1.165) is 11.1 Å². The molecule has 0 unspecified atom stereocenters. The third-order valence-electron chi connectivity index (χ3n) is 4.78. The Morgan fingerprint density at radius 2 is 1.77 bits per heavy atom. The van der Waals surface area contributed by atoms with Gasteiger partial charge < -0.3 is 5.32 Å². The maximum absolute atomic E-state index is 13.1. The number of carbonyl (C=O) groups excluding carboxylic acids is 1. The minimum atomic E-state index is -0.587. The number of aromatic nitrogens is 1. The first-order chi connectivity index (χ1) is 14.4. The summed E-state index contributed by atoms with van der Waals surface area (Å²) in [5.41, 5.74) is 3.78.